The summed E-state index contributed by atoms with van der Waals surface area (Å²) in [6.07, 6.45) is 14.3. The Morgan fingerprint density at radius 2 is 1.88 bits per heavy atom. The molecule has 1 amide bonds. The van der Waals surface area contributed by atoms with E-state index in [1.54, 1.807) is 0 Å². The van der Waals surface area contributed by atoms with Crippen LogP contribution >= 0.6 is 11.8 Å². The van der Waals surface area contributed by atoms with Crippen LogP contribution in [-0.4, -0.2) is 42.7 Å². The molecule has 134 valence electrons. The lowest BCUT2D eigenvalue weighted by atomic mass is 9.69. The first-order valence-corrected chi connectivity index (χ1v) is 11.1. The molecule has 0 aromatic heterocycles. The van der Waals surface area contributed by atoms with Gasteiger partial charge in [0, 0.05) is 18.8 Å². The molecule has 24 heavy (non-hydrogen) atoms. The zero-order valence-corrected chi connectivity index (χ0v) is 15.7. The van der Waals surface area contributed by atoms with E-state index in [4.69, 9.17) is 0 Å². The molecule has 1 spiro atoms. The van der Waals surface area contributed by atoms with Crippen LogP contribution in [0.4, 0.5) is 0 Å². The fourth-order valence-electron chi connectivity index (χ4n) is 5.32. The van der Waals surface area contributed by atoms with Crippen molar-refractivity contribution in [3.63, 3.8) is 0 Å². The van der Waals surface area contributed by atoms with Crippen molar-refractivity contribution in [3.8, 4) is 0 Å². The molecule has 3 heterocycles. The van der Waals surface area contributed by atoms with E-state index < -0.39 is 0 Å². The lowest BCUT2D eigenvalue weighted by Crippen LogP contribution is -2.48. The Morgan fingerprint density at radius 1 is 1.12 bits per heavy atom. The Hall–Kier alpha value is -0.480. The van der Waals surface area contributed by atoms with E-state index in [2.05, 4.69) is 16.3 Å². The van der Waals surface area contributed by atoms with Crippen molar-refractivity contribution >= 4 is 17.7 Å². The van der Waals surface area contributed by atoms with Gasteiger partial charge in [-0.2, -0.15) is 0 Å². The average Bonchev–Trinajstić information content (AvgIpc) is 3.13. The topological polar surface area (TPSA) is 32.3 Å². The van der Waals surface area contributed by atoms with Crippen LogP contribution < -0.4 is 5.32 Å². The van der Waals surface area contributed by atoms with Crippen LogP contribution in [0.25, 0.3) is 0 Å². The van der Waals surface area contributed by atoms with Gasteiger partial charge >= 0.3 is 0 Å². The predicted octanol–water partition coefficient (Wildman–Crippen LogP) is 3.81. The molecule has 1 saturated carbocycles. The zero-order valence-electron chi connectivity index (χ0n) is 14.9. The number of nitrogens with zero attached hydrogens (tertiary/aromatic N) is 1. The Labute approximate surface area is 151 Å². The van der Waals surface area contributed by atoms with E-state index in [0.717, 1.165) is 31.9 Å². The van der Waals surface area contributed by atoms with E-state index in [-0.39, 0.29) is 5.92 Å². The Balaban J connectivity index is 1.39. The van der Waals surface area contributed by atoms with Crippen molar-refractivity contribution in [2.45, 2.75) is 57.8 Å². The fourth-order valence-corrected chi connectivity index (χ4v) is 6.67. The number of amides is 1. The van der Waals surface area contributed by atoms with Crippen LogP contribution in [0.15, 0.2) is 11.0 Å². The van der Waals surface area contributed by atoms with Gasteiger partial charge < -0.3 is 10.2 Å². The highest BCUT2D eigenvalue weighted by Crippen LogP contribution is 2.44. The number of likely N-dealkylation sites (tertiary alicyclic amines) is 1. The summed E-state index contributed by atoms with van der Waals surface area (Å²) in [5, 5.41) is 3.45. The van der Waals surface area contributed by atoms with Crippen LogP contribution in [-0.2, 0) is 4.79 Å². The molecule has 3 nitrogen and oxygen atoms in total. The largest absolute Gasteiger partial charge is 0.342 e. The highest BCUT2D eigenvalue weighted by Gasteiger charge is 2.40. The van der Waals surface area contributed by atoms with Crippen molar-refractivity contribution in [2.75, 3.05) is 31.9 Å². The molecular formula is C20H32N2OS. The van der Waals surface area contributed by atoms with E-state index >= 15 is 0 Å². The molecule has 1 unspecified atom stereocenters. The highest BCUT2D eigenvalue weighted by atomic mass is 32.2. The number of thioether (sulfide) groups is 1. The zero-order chi connectivity index (χ0) is 16.4. The third-order valence-electron chi connectivity index (χ3n) is 6.74. The van der Waals surface area contributed by atoms with Crippen molar-refractivity contribution in [1.82, 2.24) is 10.2 Å². The van der Waals surface area contributed by atoms with Gasteiger partial charge in [-0.25, -0.2) is 0 Å². The number of piperidine rings is 2. The molecule has 3 aliphatic heterocycles. The summed E-state index contributed by atoms with van der Waals surface area (Å²) >= 11 is 1.96. The van der Waals surface area contributed by atoms with Crippen molar-refractivity contribution in [3.05, 3.63) is 11.0 Å². The van der Waals surface area contributed by atoms with E-state index in [1.165, 1.54) is 62.7 Å². The third-order valence-corrected chi connectivity index (χ3v) is 8.07. The quantitative estimate of drug-likeness (QED) is 0.824. The number of rotatable bonds is 2. The molecule has 0 bridgehead atoms. The first-order chi connectivity index (χ1) is 11.8. The molecule has 0 aromatic carbocycles. The van der Waals surface area contributed by atoms with Crippen LogP contribution in [0.5, 0.6) is 0 Å². The van der Waals surface area contributed by atoms with Crippen LogP contribution in [0.1, 0.15) is 57.8 Å². The maximum atomic E-state index is 13.1. The Kier molecular flexibility index (Phi) is 5.24. The number of hydrogen-bond donors (Lipinski definition) is 1. The summed E-state index contributed by atoms with van der Waals surface area (Å²) in [5.41, 5.74) is 0.472. The highest BCUT2D eigenvalue weighted by molar-refractivity contribution is 8.03. The molecule has 1 aliphatic carbocycles. The lowest BCUT2D eigenvalue weighted by Gasteiger charge is -2.45. The number of allylic oxidation sites excluding steroid dienone is 1. The predicted molar refractivity (Wildman–Crippen MR) is 101 cm³/mol. The van der Waals surface area contributed by atoms with Gasteiger partial charge in [0.15, 0.2) is 0 Å². The van der Waals surface area contributed by atoms with Crippen molar-refractivity contribution < 1.29 is 4.79 Å². The second kappa shape index (κ2) is 7.41. The third kappa shape index (κ3) is 3.55. The van der Waals surface area contributed by atoms with E-state index in [1.807, 2.05) is 11.8 Å². The standard InChI is InChI=1S/C20H32N2OS/c23-19(17-13-18(24-14-17)16-5-10-21-11-6-16)22-12-4-9-20(15-22)7-2-1-3-8-20/h13,16-17,21H,1-12,14-15H2. The fraction of sp³-hybridized carbons (Fsp3) is 0.850. The molecule has 2 saturated heterocycles. The SMILES string of the molecule is O=C(C1C=C(C2CCNCC2)SC1)N1CCCC2(CCCCC2)C1. The van der Waals surface area contributed by atoms with Gasteiger partial charge in [0.1, 0.15) is 0 Å². The van der Waals surface area contributed by atoms with E-state index in [9.17, 15) is 4.79 Å². The van der Waals surface area contributed by atoms with E-state index in [0.29, 0.717) is 17.2 Å². The van der Waals surface area contributed by atoms with Gasteiger partial charge in [-0.05, 0) is 67.9 Å². The van der Waals surface area contributed by atoms with Crippen LogP contribution in [0.3, 0.4) is 0 Å². The minimum atomic E-state index is 0.152. The Bertz CT molecular complexity index is 486. The summed E-state index contributed by atoms with van der Waals surface area (Å²) in [4.78, 5) is 16.9. The number of carbonyl (C=O) groups is 1. The molecule has 0 aromatic rings. The molecule has 1 N–H and O–H groups in total. The first-order valence-electron chi connectivity index (χ1n) is 10.1. The summed E-state index contributed by atoms with van der Waals surface area (Å²) in [5.74, 6) is 2.27. The van der Waals surface area contributed by atoms with Crippen LogP contribution in [0, 0.1) is 17.3 Å². The minimum Gasteiger partial charge on any atom is -0.342 e. The van der Waals surface area contributed by atoms with Gasteiger partial charge in [-0.15, -0.1) is 11.8 Å². The average molecular weight is 349 g/mol. The number of hydrogen-bond acceptors (Lipinski definition) is 3. The molecule has 4 aliphatic rings. The number of nitrogens with one attached hydrogen (secondary N) is 1. The van der Waals surface area contributed by atoms with Crippen LogP contribution in [0.2, 0.25) is 0 Å². The maximum absolute atomic E-state index is 13.1. The summed E-state index contributed by atoms with van der Waals surface area (Å²) in [6.45, 7) is 4.31. The van der Waals surface area contributed by atoms with Gasteiger partial charge in [-0.1, -0.05) is 25.3 Å². The van der Waals surface area contributed by atoms with Gasteiger partial charge in [0.2, 0.25) is 5.91 Å². The monoisotopic (exact) mass is 348 g/mol. The van der Waals surface area contributed by atoms with Gasteiger partial charge in [0.05, 0.1) is 5.92 Å². The number of carbonyl (C=O) groups excluding carboxylic acids is 1. The molecule has 0 radical (unpaired) electrons. The van der Waals surface area contributed by atoms with Crippen molar-refractivity contribution in [2.24, 2.45) is 17.3 Å². The maximum Gasteiger partial charge on any atom is 0.230 e. The summed E-state index contributed by atoms with van der Waals surface area (Å²) in [7, 11) is 0. The molecule has 3 fully saturated rings. The van der Waals surface area contributed by atoms with Gasteiger partial charge in [-0.3, -0.25) is 4.79 Å². The summed E-state index contributed by atoms with van der Waals surface area (Å²) in [6, 6.07) is 0. The molecule has 4 rings (SSSR count). The summed E-state index contributed by atoms with van der Waals surface area (Å²) < 4.78 is 0. The molecular weight excluding hydrogens is 316 g/mol. The normalized spacial score (nSPS) is 31.2. The Morgan fingerprint density at radius 3 is 2.67 bits per heavy atom. The first kappa shape index (κ1) is 17.0. The second-order valence-corrected chi connectivity index (χ2v) is 9.53. The van der Waals surface area contributed by atoms with Gasteiger partial charge in [0.25, 0.3) is 0 Å². The molecule has 4 heteroatoms. The lowest BCUT2D eigenvalue weighted by molar-refractivity contribution is -0.137. The second-order valence-electron chi connectivity index (χ2n) is 8.43. The minimum absolute atomic E-state index is 0.152. The molecule has 1 atom stereocenters. The smallest absolute Gasteiger partial charge is 0.230 e. The van der Waals surface area contributed by atoms with Crippen molar-refractivity contribution in [1.29, 1.82) is 0 Å².